The maximum atomic E-state index is 13.2. The van der Waals surface area contributed by atoms with Crippen molar-refractivity contribution in [2.75, 3.05) is 13.3 Å². The Balaban J connectivity index is 6.36. The third-order valence-electron chi connectivity index (χ3n) is 2.29. The van der Waals surface area contributed by atoms with Crippen LogP contribution in [0.4, 0.5) is 61.5 Å². The standard InChI is InChI=1S/C8H4F14O/c9-1-3(11,12)5(15,7(17,18)19)23-6(16,8(20,21)22)4(13,14)2-10/h1-2H2. The molecule has 0 aromatic rings. The van der Waals surface area contributed by atoms with Crippen molar-refractivity contribution in [2.45, 2.75) is 35.9 Å². The average Bonchev–Trinajstić information content (AvgIpc) is 2.35. The topological polar surface area (TPSA) is 9.23 Å². The Morgan fingerprint density at radius 1 is 0.478 bits per heavy atom. The molecule has 140 valence electrons. The van der Waals surface area contributed by atoms with Crippen molar-refractivity contribution >= 4 is 0 Å². The molecule has 23 heavy (non-hydrogen) atoms. The molecule has 0 aliphatic heterocycles. The summed E-state index contributed by atoms with van der Waals surface area (Å²) in [7, 11) is 0. The molecular formula is C8H4F14O. The van der Waals surface area contributed by atoms with E-state index in [1.807, 2.05) is 0 Å². The van der Waals surface area contributed by atoms with Crippen molar-refractivity contribution in [3.63, 3.8) is 0 Å². The van der Waals surface area contributed by atoms with Crippen LogP contribution < -0.4 is 0 Å². The normalized spacial score (nSPS) is 20.1. The molecule has 0 spiro atoms. The number of hydrogen-bond donors (Lipinski definition) is 0. The molecule has 0 aliphatic rings. The van der Waals surface area contributed by atoms with Crippen molar-refractivity contribution < 1.29 is 66.2 Å². The monoisotopic (exact) mass is 382 g/mol. The van der Waals surface area contributed by atoms with E-state index in [-0.39, 0.29) is 0 Å². The molecule has 0 aromatic carbocycles. The van der Waals surface area contributed by atoms with Gasteiger partial charge in [0.1, 0.15) is 0 Å². The van der Waals surface area contributed by atoms with E-state index in [0.29, 0.717) is 0 Å². The van der Waals surface area contributed by atoms with E-state index in [4.69, 9.17) is 0 Å². The zero-order chi connectivity index (χ0) is 19.1. The second kappa shape index (κ2) is 5.81. The highest BCUT2D eigenvalue weighted by Crippen LogP contribution is 2.55. The quantitative estimate of drug-likeness (QED) is 0.607. The summed E-state index contributed by atoms with van der Waals surface area (Å²) >= 11 is 0. The number of rotatable bonds is 6. The van der Waals surface area contributed by atoms with E-state index in [2.05, 4.69) is 0 Å². The first kappa shape index (κ1) is 22.0. The largest absolute Gasteiger partial charge is 0.455 e. The highest BCUT2D eigenvalue weighted by atomic mass is 19.4. The third-order valence-corrected chi connectivity index (χ3v) is 2.29. The van der Waals surface area contributed by atoms with Crippen molar-refractivity contribution in [1.82, 2.24) is 0 Å². The van der Waals surface area contributed by atoms with Gasteiger partial charge in [-0.05, 0) is 0 Å². The molecular weight excluding hydrogens is 378 g/mol. The van der Waals surface area contributed by atoms with E-state index >= 15 is 0 Å². The van der Waals surface area contributed by atoms with Crippen LogP contribution in [0.5, 0.6) is 0 Å². The SMILES string of the molecule is FCC(F)(F)C(F)(OC(F)(C(F)(F)F)C(F)(F)CF)C(F)(F)F. The first-order valence-corrected chi connectivity index (χ1v) is 4.92. The minimum atomic E-state index is -7.29. The predicted molar refractivity (Wildman–Crippen MR) is 42.7 cm³/mol. The second-order valence-electron chi connectivity index (χ2n) is 3.96. The molecule has 0 heterocycles. The van der Waals surface area contributed by atoms with Crippen LogP contribution in [0.3, 0.4) is 0 Å². The van der Waals surface area contributed by atoms with Crippen molar-refractivity contribution in [2.24, 2.45) is 0 Å². The zero-order valence-electron chi connectivity index (χ0n) is 10.1. The van der Waals surface area contributed by atoms with Gasteiger partial charge in [0.2, 0.25) is 0 Å². The van der Waals surface area contributed by atoms with Gasteiger partial charge in [-0.25, -0.2) is 8.78 Å². The van der Waals surface area contributed by atoms with Crippen LogP contribution in [-0.2, 0) is 4.74 Å². The molecule has 0 fully saturated rings. The Labute approximate surface area is 117 Å². The average molecular weight is 382 g/mol. The lowest BCUT2D eigenvalue weighted by Gasteiger charge is -2.41. The fourth-order valence-corrected chi connectivity index (χ4v) is 1.05. The van der Waals surface area contributed by atoms with Gasteiger partial charge in [-0.2, -0.15) is 52.7 Å². The van der Waals surface area contributed by atoms with Crippen molar-refractivity contribution in [1.29, 1.82) is 0 Å². The van der Waals surface area contributed by atoms with E-state index in [1.165, 1.54) is 0 Å². The zero-order valence-corrected chi connectivity index (χ0v) is 10.1. The molecule has 0 radical (unpaired) electrons. The molecule has 0 aromatic heterocycles. The maximum Gasteiger partial charge on any atom is 0.455 e. The second-order valence-corrected chi connectivity index (χ2v) is 3.96. The lowest BCUT2D eigenvalue weighted by atomic mass is 10.1. The van der Waals surface area contributed by atoms with E-state index in [9.17, 15) is 61.5 Å². The summed E-state index contributed by atoms with van der Waals surface area (Å²) in [5, 5.41) is 0. The number of halogens is 14. The molecule has 0 amide bonds. The first-order chi connectivity index (χ1) is 9.83. The Bertz CT molecular complexity index is 374. The Morgan fingerprint density at radius 2 is 0.696 bits per heavy atom. The van der Waals surface area contributed by atoms with Gasteiger partial charge in [-0.1, -0.05) is 0 Å². The highest BCUT2D eigenvalue weighted by molar-refractivity contribution is 5.00. The molecule has 0 rings (SSSR count). The number of hydrogen-bond acceptors (Lipinski definition) is 1. The van der Waals surface area contributed by atoms with Crippen LogP contribution in [0, 0.1) is 0 Å². The van der Waals surface area contributed by atoms with Crippen LogP contribution in [0.1, 0.15) is 0 Å². The van der Waals surface area contributed by atoms with Crippen molar-refractivity contribution in [3.05, 3.63) is 0 Å². The summed E-state index contributed by atoms with van der Waals surface area (Å²) in [4.78, 5) is 0. The van der Waals surface area contributed by atoms with Gasteiger partial charge in [0.25, 0.3) is 0 Å². The summed E-state index contributed by atoms with van der Waals surface area (Å²) in [5.74, 6) is -27.4. The number of alkyl halides is 14. The summed E-state index contributed by atoms with van der Waals surface area (Å²) in [6, 6.07) is 0. The Hall–Kier alpha value is -1.02. The molecule has 2 unspecified atom stereocenters. The maximum absolute atomic E-state index is 13.2. The van der Waals surface area contributed by atoms with Crippen molar-refractivity contribution in [3.8, 4) is 0 Å². The molecule has 1 nitrogen and oxygen atoms in total. The van der Waals surface area contributed by atoms with Gasteiger partial charge in [0, 0.05) is 0 Å². The van der Waals surface area contributed by atoms with Crippen LogP contribution >= 0.6 is 0 Å². The van der Waals surface area contributed by atoms with Gasteiger partial charge < -0.3 is 0 Å². The van der Waals surface area contributed by atoms with Crippen LogP contribution in [0.25, 0.3) is 0 Å². The molecule has 0 aliphatic carbocycles. The van der Waals surface area contributed by atoms with Crippen LogP contribution in [0.2, 0.25) is 0 Å². The van der Waals surface area contributed by atoms with Crippen LogP contribution in [0.15, 0.2) is 0 Å². The minimum absolute atomic E-state index is 1.70. The number of ether oxygens (including phenoxy) is 1. The lowest BCUT2D eigenvalue weighted by Crippen LogP contribution is -2.68. The Kier molecular flexibility index (Phi) is 5.55. The molecule has 0 saturated carbocycles. The molecule has 0 bridgehead atoms. The van der Waals surface area contributed by atoms with Crippen LogP contribution in [-0.4, -0.2) is 49.3 Å². The summed E-state index contributed by atoms with van der Waals surface area (Å²) in [5.41, 5.74) is 0. The molecule has 15 heteroatoms. The van der Waals surface area contributed by atoms with Gasteiger partial charge in [-0.3, -0.25) is 4.74 Å². The van der Waals surface area contributed by atoms with E-state index in [0.717, 1.165) is 0 Å². The fourth-order valence-electron chi connectivity index (χ4n) is 1.05. The Morgan fingerprint density at radius 3 is 0.826 bits per heavy atom. The van der Waals surface area contributed by atoms with Gasteiger partial charge in [0.05, 0.1) is 0 Å². The van der Waals surface area contributed by atoms with Gasteiger partial charge in [0.15, 0.2) is 13.3 Å². The van der Waals surface area contributed by atoms with Gasteiger partial charge in [-0.15, -0.1) is 0 Å². The lowest BCUT2D eigenvalue weighted by molar-refractivity contribution is -0.500. The first-order valence-electron chi connectivity index (χ1n) is 4.92. The van der Waals surface area contributed by atoms with E-state index in [1.54, 1.807) is 4.74 Å². The third kappa shape index (κ3) is 3.42. The fraction of sp³-hybridized carbons (Fsp3) is 1.00. The summed E-state index contributed by atoms with van der Waals surface area (Å²) in [6.07, 6.45) is -14.6. The van der Waals surface area contributed by atoms with E-state index < -0.39 is 49.3 Å². The summed E-state index contributed by atoms with van der Waals surface area (Å²) in [6.45, 7) is -7.39. The smallest absolute Gasteiger partial charge is 0.284 e. The highest BCUT2D eigenvalue weighted by Gasteiger charge is 2.83. The molecule has 2 atom stereocenters. The molecule has 0 saturated heterocycles. The predicted octanol–water partition coefficient (Wildman–Crippen LogP) is 4.67. The minimum Gasteiger partial charge on any atom is -0.284 e. The molecule has 0 N–H and O–H groups in total. The van der Waals surface area contributed by atoms with Gasteiger partial charge >= 0.3 is 35.9 Å². The summed E-state index contributed by atoms with van der Waals surface area (Å²) < 4.78 is 175.